The Morgan fingerprint density at radius 2 is 2.36 bits per heavy atom. The van der Waals surface area contributed by atoms with Crippen LogP contribution in [0.3, 0.4) is 0 Å². The molecule has 0 aliphatic carbocycles. The van der Waals surface area contributed by atoms with Gasteiger partial charge in [0.1, 0.15) is 5.82 Å². The molecule has 134 valence electrons. The number of imidazole rings is 1. The Bertz CT molecular complexity index is 658. The van der Waals surface area contributed by atoms with E-state index in [1.807, 2.05) is 18.5 Å². The minimum atomic E-state index is -0.304. The largest absolute Gasteiger partial charge is 0.359 e. The summed E-state index contributed by atoms with van der Waals surface area (Å²) in [6.45, 7) is 2.58. The average Bonchev–Trinajstić information content (AvgIpc) is 3.15. The van der Waals surface area contributed by atoms with E-state index in [1.54, 1.807) is 19.4 Å². The highest BCUT2D eigenvalue weighted by Gasteiger charge is 2.41. The van der Waals surface area contributed by atoms with Crippen LogP contribution in [0.2, 0.25) is 0 Å². The molecule has 1 amide bonds. The maximum Gasteiger partial charge on any atom is 0.227 e. The summed E-state index contributed by atoms with van der Waals surface area (Å²) < 4.78 is 0. The molecule has 1 saturated heterocycles. The zero-order valence-electron chi connectivity index (χ0n) is 14.9. The minimum absolute atomic E-state index is 0.169. The first-order chi connectivity index (χ1) is 12.2. The number of rotatable bonds is 7. The van der Waals surface area contributed by atoms with Crippen LogP contribution in [0.5, 0.6) is 0 Å². The first-order valence-electron chi connectivity index (χ1n) is 9.03. The quantitative estimate of drug-likeness (QED) is 0.809. The Morgan fingerprint density at radius 1 is 1.44 bits per heavy atom. The average molecular weight is 341 g/mol. The van der Waals surface area contributed by atoms with E-state index in [-0.39, 0.29) is 11.3 Å². The van der Waals surface area contributed by atoms with Gasteiger partial charge < -0.3 is 10.3 Å². The number of aryl methyl sites for hydroxylation is 1. The number of nitrogens with zero attached hydrogens (tertiary/aromatic N) is 3. The molecule has 1 aliphatic rings. The molecule has 1 atom stereocenters. The number of amides is 1. The van der Waals surface area contributed by atoms with Crippen LogP contribution >= 0.6 is 0 Å². The molecule has 1 aliphatic heterocycles. The molecule has 0 aromatic carbocycles. The lowest BCUT2D eigenvalue weighted by molar-refractivity contribution is -0.134. The van der Waals surface area contributed by atoms with Gasteiger partial charge in [-0.25, -0.2) is 4.98 Å². The van der Waals surface area contributed by atoms with Gasteiger partial charge >= 0.3 is 0 Å². The second-order valence-electron chi connectivity index (χ2n) is 6.92. The number of nitrogens with one attached hydrogen (secondary N) is 2. The van der Waals surface area contributed by atoms with Crippen LogP contribution in [0.15, 0.2) is 36.9 Å². The van der Waals surface area contributed by atoms with Crippen molar-refractivity contribution in [1.82, 2.24) is 25.2 Å². The van der Waals surface area contributed by atoms with E-state index in [2.05, 4.69) is 31.2 Å². The third kappa shape index (κ3) is 4.45. The normalized spacial score (nSPS) is 21.2. The predicted molar refractivity (Wildman–Crippen MR) is 96.8 cm³/mol. The monoisotopic (exact) mass is 341 g/mol. The molecule has 2 N–H and O–H groups in total. The van der Waals surface area contributed by atoms with Crippen LogP contribution in [0.4, 0.5) is 0 Å². The molecule has 3 rings (SSSR count). The number of aromatic nitrogens is 3. The molecule has 2 aromatic heterocycles. The summed E-state index contributed by atoms with van der Waals surface area (Å²) >= 11 is 0. The van der Waals surface area contributed by atoms with Crippen LogP contribution < -0.4 is 5.32 Å². The summed E-state index contributed by atoms with van der Waals surface area (Å²) in [5, 5.41) is 2.90. The molecule has 25 heavy (non-hydrogen) atoms. The van der Waals surface area contributed by atoms with Crippen LogP contribution in [0.25, 0.3) is 0 Å². The highest BCUT2D eigenvalue weighted by atomic mass is 16.2. The van der Waals surface area contributed by atoms with Gasteiger partial charge in [-0.15, -0.1) is 0 Å². The standard InChI is InChI=1S/C19H27N5O/c1-20-18(25)19(7-2-5-16-6-3-9-21-13-16)8-4-12-24(15-19)14-17-22-10-11-23-17/h3,6,9-11,13H,2,4-5,7-8,12,14-15H2,1H3,(H,20,25)(H,22,23)/t19-/m1/s1. The molecular formula is C19H27N5O. The lowest BCUT2D eigenvalue weighted by atomic mass is 9.74. The highest BCUT2D eigenvalue weighted by molar-refractivity contribution is 5.82. The van der Waals surface area contributed by atoms with Crippen LogP contribution in [0.1, 0.15) is 37.1 Å². The van der Waals surface area contributed by atoms with Gasteiger partial charge in [0.25, 0.3) is 0 Å². The van der Waals surface area contributed by atoms with E-state index in [0.29, 0.717) is 0 Å². The fourth-order valence-corrected chi connectivity index (χ4v) is 3.90. The number of carbonyl (C=O) groups is 1. The summed E-state index contributed by atoms with van der Waals surface area (Å²) in [7, 11) is 1.75. The van der Waals surface area contributed by atoms with Crippen LogP contribution in [0, 0.1) is 5.41 Å². The van der Waals surface area contributed by atoms with E-state index < -0.39 is 0 Å². The minimum Gasteiger partial charge on any atom is -0.359 e. The van der Waals surface area contributed by atoms with Gasteiger partial charge in [0.15, 0.2) is 0 Å². The zero-order chi connectivity index (χ0) is 17.5. The zero-order valence-corrected chi connectivity index (χ0v) is 14.9. The van der Waals surface area contributed by atoms with Gasteiger partial charge in [-0.2, -0.15) is 0 Å². The molecule has 0 saturated carbocycles. The molecule has 6 nitrogen and oxygen atoms in total. The van der Waals surface area contributed by atoms with E-state index in [0.717, 1.165) is 57.6 Å². The fraction of sp³-hybridized carbons (Fsp3) is 0.526. The summed E-state index contributed by atoms with van der Waals surface area (Å²) in [4.78, 5) is 26.7. The van der Waals surface area contributed by atoms with Gasteiger partial charge in [0.2, 0.25) is 5.91 Å². The molecule has 1 fully saturated rings. The van der Waals surface area contributed by atoms with Crippen LogP contribution in [-0.2, 0) is 17.8 Å². The van der Waals surface area contributed by atoms with Gasteiger partial charge in [0.05, 0.1) is 12.0 Å². The number of carbonyl (C=O) groups excluding carboxylic acids is 1. The summed E-state index contributed by atoms with van der Waals surface area (Å²) in [6.07, 6.45) is 12.2. The Kier molecular flexibility index (Phi) is 5.81. The van der Waals surface area contributed by atoms with Crippen molar-refractivity contribution >= 4 is 5.91 Å². The first kappa shape index (κ1) is 17.6. The Hall–Kier alpha value is -2.21. The molecule has 0 unspecified atom stereocenters. The maximum atomic E-state index is 12.7. The van der Waals surface area contributed by atoms with Gasteiger partial charge in [-0.05, 0) is 50.3 Å². The summed E-state index contributed by atoms with van der Waals surface area (Å²) in [5.74, 6) is 1.13. The number of likely N-dealkylation sites (tertiary alicyclic amines) is 1. The summed E-state index contributed by atoms with van der Waals surface area (Å²) in [6, 6.07) is 4.07. The predicted octanol–water partition coefficient (Wildman–Crippen LogP) is 2.16. The number of H-pyrrole nitrogens is 1. The molecule has 3 heterocycles. The fourth-order valence-electron chi connectivity index (χ4n) is 3.90. The van der Waals surface area contributed by atoms with E-state index in [9.17, 15) is 4.79 Å². The molecule has 0 bridgehead atoms. The van der Waals surface area contributed by atoms with Gasteiger partial charge in [0, 0.05) is 38.4 Å². The number of aromatic amines is 1. The smallest absolute Gasteiger partial charge is 0.227 e. The Labute approximate surface area is 149 Å². The molecular weight excluding hydrogens is 314 g/mol. The second-order valence-corrected chi connectivity index (χ2v) is 6.92. The molecule has 0 radical (unpaired) electrons. The summed E-state index contributed by atoms with van der Waals surface area (Å²) in [5.41, 5.74) is 0.930. The van der Waals surface area contributed by atoms with Crippen molar-refractivity contribution in [2.45, 2.75) is 38.6 Å². The second kappa shape index (κ2) is 8.25. The van der Waals surface area contributed by atoms with Gasteiger partial charge in [-0.1, -0.05) is 6.07 Å². The van der Waals surface area contributed by atoms with Crippen molar-refractivity contribution in [3.8, 4) is 0 Å². The number of pyridine rings is 1. The number of hydrogen-bond donors (Lipinski definition) is 2. The first-order valence-corrected chi connectivity index (χ1v) is 9.03. The molecule has 2 aromatic rings. The van der Waals surface area contributed by atoms with E-state index in [4.69, 9.17) is 0 Å². The third-order valence-corrected chi connectivity index (χ3v) is 5.14. The number of piperidine rings is 1. The lowest BCUT2D eigenvalue weighted by Crippen LogP contribution is -2.51. The van der Waals surface area contributed by atoms with Crippen molar-refractivity contribution in [3.05, 3.63) is 48.3 Å². The maximum absolute atomic E-state index is 12.7. The lowest BCUT2D eigenvalue weighted by Gasteiger charge is -2.41. The van der Waals surface area contributed by atoms with E-state index >= 15 is 0 Å². The third-order valence-electron chi connectivity index (χ3n) is 5.14. The Morgan fingerprint density at radius 3 is 3.08 bits per heavy atom. The Balaban J connectivity index is 1.64. The van der Waals surface area contributed by atoms with Crippen molar-refractivity contribution in [3.63, 3.8) is 0 Å². The highest BCUT2D eigenvalue weighted by Crippen LogP contribution is 2.36. The van der Waals surface area contributed by atoms with E-state index in [1.165, 1.54) is 5.56 Å². The molecule has 6 heteroatoms. The van der Waals surface area contributed by atoms with Crippen molar-refractivity contribution in [2.75, 3.05) is 20.1 Å². The number of hydrogen-bond acceptors (Lipinski definition) is 4. The SMILES string of the molecule is CNC(=O)[C@]1(CCCc2cccnc2)CCCN(Cc2ncc[nH]2)C1. The topological polar surface area (TPSA) is 73.9 Å². The van der Waals surface area contributed by atoms with Crippen molar-refractivity contribution in [2.24, 2.45) is 5.41 Å². The van der Waals surface area contributed by atoms with Crippen LogP contribution in [-0.4, -0.2) is 45.9 Å². The molecule has 0 spiro atoms. The van der Waals surface area contributed by atoms with Crippen molar-refractivity contribution in [1.29, 1.82) is 0 Å². The van der Waals surface area contributed by atoms with Gasteiger partial charge in [-0.3, -0.25) is 14.7 Å². The van der Waals surface area contributed by atoms with Crippen molar-refractivity contribution < 1.29 is 4.79 Å².